The zero-order valence-corrected chi connectivity index (χ0v) is 63.7. The van der Waals surface area contributed by atoms with Crippen LogP contribution in [0.15, 0.2) is 437 Å². The van der Waals surface area contributed by atoms with Crippen LogP contribution in [0, 0.1) is 0 Å². The standard InChI is InChI=1S/9C10H8.9Fe/c9*1-2-6-9(5-1)10-7-3-4-8-10;;;;;;;;;/h9*1-8H;;;;;;;;;/q9*-2;9*+2. The smallest absolute Gasteiger partial charge is 0.198 e. The van der Waals surface area contributed by atoms with Crippen LogP contribution in [0.25, 0.3) is 100 Å². The molecule has 0 saturated heterocycles. The van der Waals surface area contributed by atoms with Gasteiger partial charge in [0.2, 0.25) is 0 Å². The Labute approximate surface area is 683 Å². The summed E-state index contributed by atoms with van der Waals surface area (Å²) in [5, 5.41) is 0. The first-order valence-corrected chi connectivity index (χ1v) is 30.6. The van der Waals surface area contributed by atoms with Gasteiger partial charge in [-0.25, -0.2) is 0 Å². The molecule has 0 amide bonds. The van der Waals surface area contributed by atoms with E-state index in [0.29, 0.717) is 0 Å². The maximum absolute atomic E-state index is 2.12. The van der Waals surface area contributed by atoms with Crippen molar-refractivity contribution in [3.8, 4) is 100 Å². The van der Waals surface area contributed by atoms with E-state index in [-0.39, 0.29) is 154 Å². The second-order valence-corrected chi connectivity index (χ2v) is 21.1. The number of rotatable bonds is 9. The van der Waals surface area contributed by atoms with Crippen LogP contribution < -0.4 is 0 Å². The first-order valence-electron chi connectivity index (χ1n) is 30.6. The molecule has 0 unspecified atom stereocenters. The summed E-state index contributed by atoms with van der Waals surface area (Å²) >= 11 is 0. The Kier molecular flexibility index (Phi) is 47.3. The molecule has 0 atom stereocenters. The monoisotopic (exact) mass is 1660 g/mol. The predicted molar refractivity (Wildman–Crippen MR) is 388 cm³/mol. The molecule has 9 heteroatoms. The average Bonchev–Trinajstić information content (AvgIpc) is 1.95. The molecule has 0 heterocycles. The minimum atomic E-state index is 0. The second kappa shape index (κ2) is 52.0. The Bertz CT molecular complexity index is 3120. The third-order valence-corrected chi connectivity index (χ3v) is 14.9. The Morgan fingerprint density at radius 2 is 0.0909 bits per heavy atom. The van der Waals surface area contributed by atoms with Crippen molar-refractivity contribution in [3.63, 3.8) is 0 Å². The molecular formula is C90H72Fe9. The summed E-state index contributed by atoms with van der Waals surface area (Å²) in [5.41, 5.74) is 23.6. The second-order valence-electron chi connectivity index (χ2n) is 21.1. The zero-order chi connectivity index (χ0) is 61.3. The molecular weight excluding hydrogens is 1580 g/mol. The van der Waals surface area contributed by atoms with Gasteiger partial charge in [0.1, 0.15) is 0 Å². The van der Waals surface area contributed by atoms with E-state index >= 15 is 0 Å². The molecule has 0 nitrogen and oxygen atoms in total. The minimum Gasteiger partial charge on any atom is -0.198 e. The van der Waals surface area contributed by atoms with Gasteiger partial charge in [-0.2, -0.15) is 537 Å². The molecule has 0 saturated carbocycles. The van der Waals surface area contributed by atoms with Crippen molar-refractivity contribution in [2.75, 3.05) is 0 Å². The Balaban J connectivity index is 0.000000551. The summed E-state index contributed by atoms with van der Waals surface area (Å²) in [5.74, 6) is 0. The van der Waals surface area contributed by atoms with Crippen molar-refractivity contribution in [1.82, 2.24) is 0 Å². The van der Waals surface area contributed by atoms with Crippen molar-refractivity contribution < 1.29 is 154 Å². The molecule has 18 aromatic rings. The van der Waals surface area contributed by atoms with Crippen molar-refractivity contribution in [3.05, 3.63) is 437 Å². The molecule has 0 aliphatic carbocycles. The quantitative estimate of drug-likeness (QED) is 0.0998. The van der Waals surface area contributed by atoms with Crippen LogP contribution in [-0.2, 0) is 154 Å². The molecule has 0 aliphatic rings. The van der Waals surface area contributed by atoms with Gasteiger partial charge in [0.05, 0.1) is 0 Å². The van der Waals surface area contributed by atoms with Gasteiger partial charge in [0.15, 0.2) is 0 Å². The predicted octanol–water partition coefficient (Wildman–Crippen LogP) is 25.1. The van der Waals surface area contributed by atoms with Gasteiger partial charge in [-0.05, 0) is 0 Å². The third-order valence-electron chi connectivity index (χ3n) is 14.9. The molecule has 0 N–H and O–H groups in total. The van der Waals surface area contributed by atoms with E-state index in [2.05, 4.69) is 437 Å². The van der Waals surface area contributed by atoms with Crippen LogP contribution in [0.5, 0.6) is 0 Å². The van der Waals surface area contributed by atoms with Crippen LogP contribution in [0.2, 0.25) is 0 Å². The summed E-state index contributed by atoms with van der Waals surface area (Å²) in [6.45, 7) is 0. The van der Waals surface area contributed by atoms with E-state index in [9.17, 15) is 0 Å². The van der Waals surface area contributed by atoms with Crippen LogP contribution in [0.4, 0.5) is 0 Å². The van der Waals surface area contributed by atoms with Crippen molar-refractivity contribution in [2.24, 2.45) is 0 Å². The van der Waals surface area contributed by atoms with Gasteiger partial charge < -0.3 is 0 Å². The van der Waals surface area contributed by atoms with Crippen LogP contribution in [-0.4, -0.2) is 0 Å². The summed E-state index contributed by atoms with van der Waals surface area (Å²) < 4.78 is 0. The topological polar surface area (TPSA) is 0 Å². The maximum atomic E-state index is 2.12. The van der Waals surface area contributed by atoms with Crippen molar-refractivity contribution in [2.45, 2.75) is 0 Å². The van der Waals surface area contributed by atoms with Crippen molar-refractivity contribution in [1.29, 1.82) is 0 Å². The first kappa shape index (κ1) is 90.0. The summed E-state index contributed by atoms with van der Waals surface area (Å²) in [6, 6.07) is 150. The fraction of sp³-hybridized carbons (Fsp3) is 0. The van der Waals surface area contributed by atoms with Crippen LogP contribution >= 0.6 is 0 Å². The van der Waals surface area contributed by atoms with E-state index in [1.807, 2.05) is 0 Å². The molecule has 0 aliphatic heterocycles. The number of hydrogen-bond acceptors (Lipinski definition) is 0. The maximum Gasteiger partial charge on any atom is 2.00 e. The van der Waals surface area contributed by atoms with E-state index < -0.39 is 0 Å². The van der Waals surface area contributed by atoms with Crippen LogP contribution in [0.1, 0.15) is 0 Å². The Morgan fingerprint density at radius 1 is 0.0606 bits per heavy atom. The van der Waals surface area contributed by atoms with E-state index in [1.165, 1.54) is 100 Å². The summed E-state index contributed by atoms with van der Waals surface area (Å²) in [6.07, 6.45) is 0. The fourth-order valence-corrected chi connectivity index (χ4v) is 10.2. The molecule has 504 valence electrons. The van der Waals surface area contributed by atoms with E-state index in [1.54, 1.807) is 0 Å². The molecule has 0 bridgehead atoms. The third kappa shape index (κ3) is 30.0. The normalized spacial score (nSPS) is 9.09. The molecule has 18 rings (SSSR count). The van der Waals surface area contributed by atoms with Gasteiger partial charge in [0, 0.05) is 0 Å². The fourth-order valence-electron chi connectivity index (χ4n) is 10.2. The zero-order valence-electron chi connectivity index (χ0n) is 53.8. The Morgan fingerprint density at radius 3 is 0.121 bits per heavy atom. The SMILES string of the molecule is [Fe+2].[Fe+2].[Fe+2].[Fe+2].[Fe+2].[Fe+2].[Fe+2].[Fe+2].[Fe+2].c1cc[c-](-[c-]2cccc2)c1.c1cc[c-](-[c-]2cccc2)c1.c1cc[c-](-[c-]2cccc2)c1.c1cc[c-](-[c-]2cccc2)c1.c1cc[c-](-[c-]2cccc2)c1.c1cc[c-](-[c-]2cccc2)c1.c1cc[c-](-[c-]2cccc2)c1.c1cc[c-](-[c-]2cccc2)c1.c1cc[c-](-[c-]2cccc2)c1. The van der Waals surface area contributed by atoms with E-state index in [0.717, 1.165) is 0 Å². The Hall–Kier alpha value is -7.02. The first-order chi connectivity index (χ1) is 44.7. The van der Waals surface area contributed by atoms with Gasteiger partial charge in [-0.1, -0.05) is 0 Å². The molecule has 18 aromatic carbocycles. The van der Waals surface area contributed by atoms with Gasteiger partial charge >= 0.3 is 154 Å². The molecule has 0 aromatic heterocycles. The van der Waals surface area contributed by atoms with Gasteiger partial charge in [-0.15, -0.1) is 0 Å². The average molecular weight is 1660 g/mol. The van der Waals surface area contributed by atoms with E-state index in [4.69, 9.17) is 0 Å². The van der Waals surface area contributed by atoms with Gasteiger partial charge in [-0.3, -0.25) is 0 Å². The van der Waals surface area contributed by atoms with Gasteiger partial charge in [0.25, 0.3) is 0 Å². The molecule has 0 spiro atoms. The molecule has 0 fully saturated rings. The largest absolute Gasteiger partial charge is 2.00 e. The summed E-state index contributed by atoms with van der Waals surface area (Å²) in [4.78, 5) is 0. The van der Waals surface area contributed by atoms with Crippen LogP contribution in [0.3, 0.4) is 0 Å². The minimum absolute atomic E-state index is 0. The number of hydrogen-bond donors (Lipinski definition) is 0. The molecule has 99 heavy (non-hydrogen) atoms. The molecule has 0 radical (unpaired) electrons. The summed E-state index contributed by atoms with van der Waals surface area (Å²) in [7, 11) is 0. The van der Waals surface area contributed by atoms with Crippen molar-refractivity contribution >= 4 is 0 Å².